The van der Waals surface area contributed by atoms with Gasteiger partial charge in [0.2, 0.25) is 5.95 Å². The summed E-state index contributed by atoms with van der Waals surface area (Å²) in [6.45, 7) is 3.87. The van der Waals surface area contributed by atoms with Gasteiger partial charge < -0.3 is 11.5 Å². The van der Waals surface area contributed by atoms with E-state index < -0.39 is 0 Å². The Balaban J connectivity index is 2.26. The van der Waals surface area contributed by atoms with Gasteiger partial charge in [-0.15, -0.1) is 0 Å². The van der Waals surface area contributed by atoms with E-state index in [1.807, 2.05) is 26.0 Å². The highest BCUT2D eigenvalue weighted by molar-refractivity contribution is 6.42. The Labute approximate surface area is 133 Å². The lowest BCUT2D eigenvalue weighted by molar-refractivity contribution is 1.05. The molecule has 2 rings (SSSR count). The van der Waals surface area contributed by atoms with E-state index in [1.165, 1.54) is 0 Å². The van der Waals surface area contributed by atoms with Crippen molar-refractivity contribution in [2.45, 2.75) is 20.3 Å². The largest absolute Gasteiger partial charge is 0.383 e. The van der Waals surface area contributed by atoms with Crippen molar-refractivity contribution in [2.24, 2.45) is 0 Å². The Morgan fingerprint density at radius 2 is 1.90 bits per heavy atom. The van der Waals surface area contributed by atoms with Gasteiger partial charge >= 0.3 is 0 Å². The molecule has 0 saturated carbocycles. The number of allylic oxidation sites excluding steroid dienone is 2. The van der Waals surface area contributed by atoms with Gasteiger partial charge in [-0.1, -0.05) is 35.3 Å². The second kappa shape index (κ2) is 6.33. The van der Waals surface area contributed by atoms with Crippen LogP contribution >= 0.6 is 23.2 Å². The molecule has 0 fully saturated rings. The molecule has 2 aromatic rings. The maximum Gasteiger partial charge on any atom is 0.222 e. The summed E-state index contributed by atoms with van der Waals surface area (Å²) in [6, 6.07) is 5.55. The van der Waals surface area contributed by atoms with Crippen LogP contribution < -0.4 is 11.5 Å². The van der Waals surface area contributed by atoms with Gasteiger partial charge in [0.25, 0.3) is 0 Å². The third kappa shape index (κ3) is 3.65. The predicted molar refractivity (Wildman–Crippen MR) is 89.4 cm³/mol. The first-order chi connectivity index (χ1) is 9.88. The van der Waals surface area contributed by atoms with Gasteiger partial charge in [-0.05, 0) is 43.5 Å². The molecule has 0 bridgehead atoms. The first-order valence-corrected chi connectivity index (χ1v) is 7.14. The van der Waals surface area contributed by atoms with Crippen molar-refractivity contribution in [3.8, 4) is 0 Å². The molecule has 0 unspecified atom stereocenters. The SMILES string of the molecule is C/C(=C/Cc1c(C)nc(N)nc1N)c1ccc(Cl)c(Cl)c1. The second-order valence-electron chi connectivity index (χ2n) is 4.75. The zero-order valence-corrected chi connectivity index (χ0v) is 13.3. The van der Waals surface area contributed by atoms with Gasteiger partial charge in [0, 0.05) is 11.3 Å². The van der Waals surface area contributed by atoms with E-state index in [2.05, 4.69) is 16.0 Å². The summed E-state index contributed by atoms with van der Waals surface area (Å²) in [5, 5.41) is 1.08. The van der Waals surface area contributed by atoms with Crippen LogP contribution in [0, 0.1) is 6.92 Å². The Morgan fingerprint density at radius 1 is 1.19 bits per heavy atom. The van der Waals surface area contributed by atoms with Crippen molar-refractivity contribution >= 4 is 40.5 Å². The van der Waals surface area contributed by atoms with Crippen LogP contribution in [-0.2, 0) is 6.42 Å². The number of rotatable bonds is 3. The summed E-state index contributed by atoms with van der Waals surface area (Å²) in [7, 11) is 0. The standard InChI is InChI=1S/C15H16Cl2N4/c1-8(10-4-6-12(16)13(17)7-10)3-5-11-9(2)20-15(19)21-14(11)18/h3-4,6-7H,5H2,1-2H3,(H4,18,19,20,21)/b8-3-. The Kier molecular flexibility index (Phi) is 4.70. The summed E-state index contributed by atoms with van der Waals surface area (Å²) in [5.41, 5.74) is 15.2. The molecule has 0 amide bonds. The summed E-state index contributed by atoms with van der Waals surface area (Å²) in [4.78, 5) is 8.12. The van der Waals surface area contributed by atoms with E-state index >= 15 is 0 Å². The number of nitrogens with two attached hydrogens (primary N) is 2. The van der Waals surface area contributed by atoms with Gasteiger partial charge in [-0.25, -0.2) is 4.98 Å². The van der Waals surface area contributed by atoms with E-state index in [0.717, 1.165) is 22.4 Å². The number of anilines is 2. The normalized spacial score (nSPS) is 11.7. The molecule has 0 spiro atoms. The molecule has 0 atom stereocenters. The monoisotopic (exact) mass is 322 g/mol. The molecular weight excluding hydrogens is 307 g/mol. The van der Waals surface area contributed by atoms with Crippen LogP contribution in [0.3, 0.4) is 0 Å². The van der Waals surface area contributed by atoms with Crippen molar-refractivity contribution in [3.63, 3.8) is 0 Å². The average Bonchev–Trinajstić information content (AvgIpc) is 2.40. The van der Waals surface area contributed by atoms with Crippen molar-refractivity contribution in [3.05, 3.63) is 51.1 Å². The lowest BCUT2D eigenvalue weighted by atomic mass is 10.0. The fraction of sp³-hybridized carbons (Fsp3) is 0.200. The van der Waals surface area contributed by atoms with Crippen molar-refractivity contribution in [2.75, 3.05) is 11.5 Å². The van der Waals surface area contributed by atoms with Gasteiger partial charge in [-0.2, -0.15) is 4.98 Å². The van der Waals surface area contributed by atoms with Crippen LogP contribution in [0.5, 0.6) is 0 Å². The first kappa shape index (κ1) is 15.6. The fourth-order valence-electron chi connectivity index (χ4n) is 2.01. The molecule has 1 heterocycles. The zero-order valence-electron chi connectivity index (χ0n) is 11.8. The fourth-order valence-corrected chi connectivity index (χ4v) is 2.31. The van der Waals surface area contributed by atoms with Crippen molar-refractivity contribution in [1.29, 1.82) is 0 Å². The molecule has 0 aliphatic heterocycles. The van der Waals surface area contributed by atoms with Crippen LogP contribution in [0.4, 0.5) is 11.8 Å². The Hall–Kier alpha value is -1.78. The molecule has 110 valence electrons. The lowest BCUT2D eigenvalue weighted by Crippen LogP contribution is -2.06. The Bertz CT molecular complexity index is 688. The number of nitrogens with zero attached hydrogens (tertiary/aromatic N) is 2. The van der Waals surface area contributed by atoms with Crippen LogP contribution in [0.2, 0.25) is 10.0 Å². The van der Waals surface area contributed by atoms with Crippen molar-refractivity contribution < 1.29 is 0 Å². The molecule has 0 radical (unpaired) electrons. The highest BCUT2D eigenvalue weighted by atomic mass is 35.5. The minimum absolute atomic E-state index is 0.193. The quantitative estimate of drug-likeness (QED) is 0.898. The second-order valence-corrected chi connectivity index (χ2v) is 5.57. The maximum atomic E-state index is 6.03. The molecule has 4 nitrogen and oxygen atoms in total. The number of hydrogen-bond acceptors (Lipinski definition) is 4. The third-order valence-corrected chi connectivity index (χ3v) is 3.99. The number of aromatic nitrogens is 2. The van der Waals surface area contributed by atoms with Gasteiger partial charge in [0.05, 0.1) is 10.0 Å². The van der Waals surface area contributed by atoms with Gasteiger partial charge in [-0.3, -0.25) is 0 Å². The minimum atomic E-state index is 0.193. The molecule has 1 aromatic carbocycles. The summed E-state index contributed by atoms with van der Waals surface area (Å²) in [6.07, 6.45) is 2.68. The maximum absolute atomic E-state index is 6.03. The molecular formula is C15H16Cl2N4. The van der Waals surface area contributed by atoms with Crippen molar-refractivity contribution in [1.82, 2.24) is 9.97 Å². The molecule has 0 aliphatic carbocycles. The highest BCUT2D eigenvalue weighted by Crippen LogP contribution is 2.26. The van der Waals surface area contributed by atoms with E-state index in [0.29, 0.717) is 22.3 Å². The van der Waals surface area contributed by atoms with E-state index in [1.54, 1.807) is 6.07 Å². The molecule has 1 aromatic heterocycles. The summed E-state index contributed by atoms with van der Waals surface area (Å²) in [5.74, 6) is 0.608. The van der Waals surface area contributed by atoms with E-state index in [9.17, 15) is 0 Å². The Morgan fingerprint density at radius 3 is 2.52 bits per heavy atom. The summed E-state index contributed by atoms with van der Waals surface area (Å²) >= 11 is 11.9. The molecule has 0 saturated heterocycles. The number of aryl methyl sites for hydroxylation is 1. The van der Waals surface area contributed by atoms with Crippen LogP contribution in [0.1, 0.15) is 23.7 Å². The van der Waals surface area contributed by atoms with Crippen LogP contribution in [-0.4, -0.2) is 9.97 Å². The molecule has 6 heteroatoms. The average molecular weight is 323 g/mol. The van der Waals surface area contributed by atoms with Crippen LogP contribution in [0.15, 0.2) is 24.3 Å². The third-order valence-electron chi connectivity index (χ3n) is 3.25. The minimum Gasteiger partial charge on any atom is -0.383 e. The van der Waals surface area contributed by atoms with Gasteiger partial charge in [0.1, 0.15) is 5.82 Å². The highest BCUT2D eigenvalue weighted by Gasteiger charge is 2.07. The summed E-state index contributed by atoms with van der Waals surface area (Å²) < 4.78 is 0. The molecule has 0 aliphatic rings. The predicted octanol–water partition coefficient (Wildman–Crippen LogP) is 3.90. The van der Waals surface area contributed by atoms with E-state index in [-0.39, 0.29) is 5.95 Å². The van der Waals surface area contributed by atoms with Crippen LogP contribution in [0.25, 0.3) is 5.57 Å². The number of nitrogen functional groups attached to an aromatic ring is 2. The first-order valence-electron chi connectivity index (χ1n) is 6.39. The topological polar surface area (TPSA) is 77.8 Å². The lowest BCUT2D eigenvalue weighted by Gasteiger charge is -2.08. The van der Waals surface area contributed by atoms with E-state index in [4.69, 9.17) is 34.7 Å². The van der Waals surface area contributed by atoms with Gasteiger partial charge in [0.15, 0.2) is 0 Å². The number of hydrogen-bond donors (Lipinski definition) is 2. The molecule has 21 heavy (non-hydrogen) atoms. The smallest absolute Gasteiger partial charge is 0.222 e. The number of halogens is 2. The zero-order chi connectivity index (χ0) is 15.6. The molecule has 4 N–H and O–H groups in total. The number of benzene rings is 1.